The minimum absolute atomic E-state index is 0.549. The van der Waals surface area contributed by atoms with Gasteiger partial charge in [-0.2, -0.15) is 5.10 Å². The molecule has 0 saturated heterocycles. The van der Waals surface area contributed by atoms with E-state index < -0.39 is 0 Å². The molecule has 70 valence electrons. The number of rotatable bonds is 5. The molecule has 1 N–H and O–H groups in total. The van der Waals surface area contributed by atoms with Crippen LogP contribution in [-0.2, 0) is 13.1 Å². The first-order valence-corrected chi connectivity index (χ1v) is 4.53. The van der Waals surface area contributed by atoms with Gasteiger partial charge in [-0.15, -0.1) is 6.42 Å². The van der Waals surface area contributed by atoms with Crippen molar-refractivity contribution in [3.8, 4) is 12.3 Å². The molecule has 13 heavy (non-hydrogen) atoms. The first-order chi connectivity index (χ1) is 6.36. The van der Waals surface area contributed by atoms with Crippen molar-refractivity contribution in [2.45, 2.75) is 26.4 Å². The lowest BCUT2D eigenvalue weighted by atomic mass is 10.4. The molecule has 0 radical (unpaired) electrons. The van der Waals surface area contributed by atoms with E-state index in [1.807, 2.05) is 12.3 Å². The van der Waals surface area contributed by atoms with Gasteiger partial charge >= 0.3 is 0 Å². The lowest BCUT2D eigenvalue weighted by Gasteiger charge is -1.98. The standard InChI is InChI=1S/C10H15N3/c1-3-6-11-9-10-5-8-13(12-10)7-4-2/h2,5,8,11H,3,6-7,9H2,1H3. The summed E-state index contributed by atoms with van der Waals surface area (Å²) in [6.45, 7) is 4.55. The number of nitrogens with one attached hydrogen (secondary N) is 1. The number of terminal acetylenes is 1. The van der Waals surface area contributed by atoms with Gasteiger partial charge in [0, 0.05) is 12.7 Å². The average Bonchev–Trinajstić information content (AvgIpc) is 2.54. The fourth-order valence-corrected chi connectivity index (χ4v) is 1.07. The molecule has 0 spiro atoms. The van der Waals surface area contributed by atoms with Crippen LogP contribution < -0.4 is 5.32 Å². The van der Waals surface area contributed by atoms with Crippen LogP contribution in [-0.4, -0.2) is 16.3 Å². The predicted molar refractivity (Wildman–Crippen MR) is 53.1 cm³/mol. The Balaban J connectivity index is 2.36. The predicted octanol–water partition coefficient (Wildman–Crippen LogP) is 1.02. The van der Waals surface area contributed by atoms with E-state index in [4.69, 9.17) is 6.42 Å². The van der Waals surface area contributed by atoms with Gasteiger partial charge in [0.25, 0.3) is 0 Å². The topological polar surface area (TPSA) is 29.9 Å². The second-order valence-corrected chi connectivity index (χ2v) is 2.89. The molecule has 0 aliphatic heterocycles. The molecule has 0 bridgehead atoms. The summed E-state index contributed by atoms with van der Waals surface area (Å²) in [7, 11) is 0. The Morgan fingerprint density at radius 3 is 3.23 bits per heavy atom. The molecular weight excluding hydrogens is 162 g/mol. The Kier molecular flexibility index (Phi) is 4.07. The summed E-state index contributed by atoms with van der Waals surface area (Å²) in [6.07, 6.45) is 8.21. The molecule has 0 aliphatic rings. The molecule has 0 amide bonds. The van der Waals surface area contributed by atoms with Gasteiger partial charge in [0.05, 0.1) is 5.69 Å². The third kappa shape index (κ3) is 3.30. The highest BCUT2D eigenvalue weighted by Gasteiger charge is 1.96. The van der Waals surface area contributed by atoms with Crippen LogP contribution in [0.5, 0.6) is 0 Å². The van der Waals surface area contributed by atoms with Crippen molar-refractivity contribution < 1.29 is 0 Å². The first-order valence-electron chi connectivity index (χ1n) is 4.53. The molecule has 3 heteroatoms. The Bertz CT molecular complexity index is 283. The quantitative estimate of drug-likeness (QED) is 0.537. The van der Waals surface area contributed by atoms with Gasteiger partial charge in [0.2, 0.25) is 0 Å². The van der Waals surface area contributed by atoms with E-state index in [0.29, 0.717) is 6.54 Å². The van der Waals surface area contributed by atoms with Crippen LogP contribution in [0.2, 0.25) is 0 Å². The molecule has 0 saturated carbocycles. The van der Waals surface area contributed by atoms with Crippen molar-refractivity contribution in [2.75, 3.05) is 6.54 Å². The van der Waals surface area contributed by atoms with E-state index in [2.05, 4.69) is 23.3 Å². The van der Waals surface area contributed by atoms with Crippen LogP contribution in [0.4, 0.5) is 0 Å². The van der Waals surface area contributed by atoms with Crippen molar-refractivity contribution in [3.63, 3.8) is 0 Å². The molecule has 0 atom stereocenters. The molecule has 1 heterocycles. The summed E-state index contributed by atoms with van der Waals surface area (Å²) in [4.78, 5) is 0. The zero-order chi connectivity index (χ0) is 9.52. The fraction of sp³-hybridized carbons (Fsp3) is 0.500. The summed E-state index contributed by atoms with van der Waals surface area (Å²) in [6, 6.07) is 1.99. The Morgan fingerprint density at radius 1 is 1.69 bits per heavy atom. The maximum absolute atomic E-state index is 5.16. The normalized spacial score (nSPS) is 9.85. The number of hydrogen-bond acceptors (Lipinski definition) is 2. The van der Waals surface area contributed by atoms with E-state index in [9.17, 15) is 0 Å². The van der Waals surface area contributed by atoms with Crippen LogP contribution in [0.3, 0.4) is 0 Å². The minimum Gasteiger partial charge on any atom is -0.311 e. The van der Waals surface area contributed by atoms with Crippen molar-refractivity contribution >= 4 is 0 Å². The third-order valence-corrected chi connectivity index (χ3v) is 1.68. The van der Waals surface area contributed by atoms with Crippen LogP contribution in [0.25, 0.3) is 0 Å². The van der Waals surface area contributed by atoms with Crippen LogP contribution in [0, 0.1) is 12.3 Å². The summed E-state index contributed by atoms with van der Waals surface area (Å²) >= 11 is 0. The van der Waals surface area contributed by atoms with Gasteiger partial charge in [0.15, 0.2) is 0 Å². The summed E-state index contributed by atoms with van der Waals surface area (Å²) in [5.41, 5.74) is 1.05. The first kappa shape index (κ1) is 9.82. The van der Waals surface area contributed by atoms with Gasteiger partial charge in [-0.1, -0.05) is 12.8 Å². The van der Waals surface area contributed by atoms with Crippen molar-refractivity contribution in [3.05, 3.63) is 18.0 Å². The van der Waals surface area contributed by atoms with Crippen molar-refractivity contribution in [1.82, 2.24) is 15.1 Å². The van der Waals surface area contributed by atoms with E-state index >= 15 is 0 Å². The smallest absolute Gasteiger partial charge is 0.101 e. The molecule has 0 unspecified atom stereocenters. The molecule has 0 fully saturated rings. The van der Waals surface area contributed by atoms with E-state index in [0.717, 1.165) is 25.2 Å². The van der Waals surface area contributed by atoms with E-state index in [1.54, 1.807) is 4.68 Å². The Morgan fingerprint density at radius 2 is 2.54 bits per heavy atom. The molecule has 3 nitrogen and oxygen atoms in total. The molecule has 1 aromatic rings. The number of nitrogens with zero attached hydrogens (tertiary/aromatic N) is 2. The van der Waals surface area contributed by atoms with Gasteiger partial charge in [-0.3, -0.25) is 4.68 Å². The maximum atomic E-state index is 5.16. The number of hydrogen-bond donors (Lipinski definition) is 1. The molecule has 0 aliphatic carbocycles. The average molecular weight is 177 g/mol. The summed E-state index contributed by atoms with van der Waals surface area (Å²) < 4.78 is 1.77. The molecule has 1 aromatic heterocycles. The van der Waals surface area contributed by atoms with E-state index in [1.165, 1.54) is 0 Å². The lowest BCUT2D eigenvalue weighted by Crippen LogP contribution is -2.14. The Hall–Kier alpha value is -1.27. The zero-order valence-electron chi connectivity index (χ0n) is 7.95. The monoisotopic (exact) mass is 177 g/mol. The molecule has 1 rings (SSSR count). The second kappa shape index (κ2) is 5.39. The van der Waals surface area contributed by atoms with Crippen LogP contribution in [0.1, 0.15) is 19.0 Å². The van der Waals surface area contributed by atoms with Crippen LogP contribution >= 0.6 is 0 Å². The highest BCUT2D eigenvalue weighted by atomic mass is 15.3. The SMILES string of the molecule is C#CCn1ccc(CNCCC)n1. The highest BCUT2D eigenvalue weighted by molar-refractivity contribution is 5.00. The maximum Gasteiger partial charge on any atom is 0.101 e. The minimum atomic E-state index is 0.549. The van der Waals surface area contributed by atoms with E-state index in [-0.39, 0.29) is 0 Å². The summed E-state index contributed by atoms with van der Waals surface area (Å²) in [5.74, 6) is 2.54. The lowest BCUT2D eigenvalue weighted by molar-refractivity contribution is 0.637. The highest BCUT2D eigenvalue weighted by Crippen LogP contribution is 1.94. The molecule has 0 aromatic carbocycles. The zero-order valence-corrected chi connectivity index (χ0v) is 7.95. The van der Waals surface area contributed by atoms with Crippen molar-refractivity contribution in [2.24, 2.45) is 0 Å². The van der Waals surface area contributed by atoms with Crippen LogP contribution in [0.15, 0.2) is 12.3 Å². The van der Waals surface area contributed by atoms with Gasteiger partial charge < -0.3 is 5.32 Å². The fourth-order valence-electron chi connectivity index (χ4n) is 1.07. The summed E-state index contributed by atoms with van der Waals surface area (Å²) in [5, 5.41) is 7.56. The van der Waals surface area contributed by atoms with Gasteiger partial charge in [-0.05, 0) is 19.0 Å². The van der Waals surface area contributed by atoms with Crippen molar-refractivity contribution in [1.29, 1.82) is 0 Å². The third-order valence-electron chi connectivity index (χ3n) is 1.68. The van der Waals surface area contributed by atoms with Gasteiger partial charge in [-0.25, -0.2) is 0 Å². The second-order valence-electron chi connectivity index (χ2n) is 2.89. The Labute approximate surface area is 79.1 Å². The largest absolute Gasteiger partial charge is 0.311 e. The molecular formula is C10H15N3. The van der Waals surface area contributed by atoms with Gasteiger partial charge in [0.1, 0.15) is 6.54 Å². The number of aromatic nitrogens is 2.